The summed E-state index contributed by atoms with van der Waals surface area (Å²) < 4.78 is 0. The van der Waals surface area contributed by atoms with E-state index in [1.807, 2.05) is 25.1 Å². The number of rotatable bonds is 8. The number of thioether (sulfide) groups is 1. The van der Waals surface area contributed by atoms with Crippen LogP contribution in [0.4, 0.5) is 11.4 Å². The number of benzene rings is 3. The van der Waals surface area contributed by atoms with Crippen LogP contribution in [0.15, 0.2) is 71.6 Å². The first-order valence-electron chi connectivity index (χ1n) is 10.2. The molecule has 0 aliphatic heterocycles. The fourth-order valence-electron chi connectivity index (χ4n) is 3.02. The SMILES string of the molecule is CCC(Sc1cccc(NC(=O)c2ccc(Cl)cc2Cl)c1)C(=O)Nc1ccc(C(C)=O)cc1. The first kappa shape index (κ1) is 24.8. The van der Waals surface area contributed by atoms with Gasteiger partial charge in [0.2, 0.25) is 5.91 Å². The van der Waals surface area contributed by atoms with E-state index in [-0.39, 0.29) is 27.9 Å². The molecule has 3 aromatic rings. The molecule has 1 unspecified atom stereocenters. The van der Waals surface area contributed by atoms with Gasteiger partial charge in [-0.3, -0.25) is 14.4 Å². The Balaban J connectivity index is 1.66. The van der Waals surface area contributed by atoms with E-state index in [0.717, 1.165) is 4.90 Å². The predicted molar refractivity (Wildman–Crippen MR) is 136 cm³/mol. The maximum atomic E-state index is 12.8. The van der Waals surface area contributed by atoms with Crippen LogP contribution in [-0.4, -0.2) is 22.8 Å². The van der Waals surface area contributed by atoms with Crippen molar-refractivity contribution in [3.05, 3.63) is 87.9 Å². The molecule has 3 aromatic carbocycles. The topological polar surface area (TPSA) is 75.3 Å². The molecule has 0 radical (unpaired) electrons. The van der Waals surface area contributed by atoms with Crippen molar-refractivity contribution in [2.75, 3.05) is 10.6 Å². The standard InChI is InChI=1S/C25H22Cl2N2O3S/c1-3-23(25(32)28-18-10-7-16(8-11-18)15(2)30)33-20-6-4-5-19(14-20)29-24(31)21-12-9-17(26)13-22(21)27/h4-14,23H,3H2,1-2H3,(H,28,32)(H,29,31). The van der Waals surface area contributed by atoms with Gasteiger partial charge in [-0.1, -0.05) is 36.2 Å². The number of carbonyl (C=O) groups excluding carboxylic acids is 3. The molecule has 0 aliphatic rings. The molecular formula is C25H22Cl2N2O3S. The molecule has 2 amide bonds. The maximum Gasteiger partial charge on any atom is 0.257 e. The minimum absolute atomic E-state index is 0.0276. The molecule has 0 aromatic heterocycles. The van der Waals surface area contributed by atoms with E-state index in [1.165, 1.54) is 24.8 Å². The molecule has 5 nitrogen and oxygen atoms in total. The van der Waals surface area contributed by atoms with Gasteiger partial charge < -0.3 is 10.6 Å². The molecule has 0 spiro atoms. The molecule has 170 valence electrons. The summed E-state index contributed by atoms with van der Waals surface area (Å²) in [4.78, 5) is 37.6. The third kappa shape index (κ3) is 6.84. The average Bonchev–Trinajstić information content (AvgIpc) is 2.78. The molecule has 2 N–H and O–H groups in total. The van der Waals surface area contributed by atoms with Gasteiger partial charge in [0.15, 0.2) is 5.78 Å². The van der Waals surface area contributed by atoms with Gasteiger partial charge in [-0.25, -0.2) is 0 Å². The minimum Gasteiger partial charge on any atom is -0.325 e. The summed E-state index contributed by atoms with van der Waals surface area (Å²) >= 11 is 13.4. The molecule has 3 rings (SSSR count). The number of carbonyl (C=O) groups is 3. The van der Waals surface area contributed by atoms with Crippen molar-refractivity contribution in [2.45, 2.75) is 30.4 Å². The molecule has 0 saturated heterocycles. The first-order valence-corrected chi connectivity index (χ1v) is 11.9. The Morgan fingerprint density at radius 1 is 0.909 bits per heavy atom. The number of Topliss-reactive ketones (excluding diaryl/α,β-unsaturated/α-hetero) is 1. The number of halogens is 2. The van der Waals surface area contributed by atoms with Crippen molar-refractivity contribution in [1.82, 2.24) is 0 Å². The second kappa shape index (κ2) is 11.4. The summed E-state index contributed by atoms with van der Waals surface area (Å²) in [5.41, 5.74) is 2.13. The lowest BCUT2D eigenvalue weighted by Crippen LogP contribution is -2.24. The summed E-state index contributed by atoms with van der Waals surface area (Å²) in [5.74, 6) is -0.516. The van der Waals surface area contributed by atoms with Crippen LogP contribution in [0.25, 0.3) is 0 Å². The quantitative estimate of drug-likeness (QED) is 0.259. The third-order valence-corrected chi connectivity index (χ3v) is 6.67. The van der Waals surface area contributed by atoms with E-state index >= 15 is 0 Å². The number of hydrogen-bond acceptors (Lipinski definition) is 4. The monoisotopic (exact) mass is 500 g/mol. The smallest absolute Gasteiger partial charge is 0.257 e. The third-order valence-electron chi connectivity index (χ3n) is 4.77. The molecule has 0 heterocycles. The zero-order valence-electron chi connectivity index (χ0n) is 18.0. The van der Waals surface area contributed by atoms with Crippen LogP contribution in [-0.2, 0) is 4.79 Å². The van der Waals surface area contributed by atoms with E-state index in [4.69, 9.17) is 23.2 Å². The Kier molecular flexibility index (Phi) is 8.55. The lowest BCUT2D eigenvalue weighted by atomic mass is 10.1. The largest absolute Gasteiger partial charge is 0.325 e. The van der Waals surface area contributed by atoms with Gasteiger partial charge in [-0.2, -0.15) is 0 Å². The van der Waals surface area contributed by atoms with Crippen LogP contribution >= 0.6 is 35.0 Å². The Hall–Kier alpha value is -2.80. The zero-order chi connectivity index (χ0) is 24.0. The molecule has 33 heavy (non-hydrogen) atoms. The molecule has 0 aliphatic carbocycles. The van der Waals surface area contributed by atoms with Gasteiger partial charge in [-0.05, 0) is 74.0 Å². The average molecular weight is 501 g/mol. The summed E-state index contributed by atoms with van der Waals surface area (Å²) in [5, 5.41) is 6.10. The second-order valence-electron chi connectivity index (χ2n) is 7.24. The molecule has 0 saturated carbocycles. The van der Waals surface area contributed by atoms with Crippen LogP contribution in [0.5, 0.6) is 0 Å². The Morgan fingerprint density at radius 2 is 1.64 bits per heavy atom. The molecule has 0 fully saturated rings. The van der Waals surface area contributed by atoms with Crippen molar-refractivity contribution in [3.63, 3.8) is 0 Å². The maximum absolute atomic E-state index is 12.8. The van der Waals surface area contributed by atoms with E-state index < -0.39 is 0 Å². The van der Waals surface area contributed by atoms with Gasteiger partial charge in [0.25, 0.3) is 5.91 Å². The highest BCUT2D eigenvalue weighted by molar-refractivity contribution is 8.00. The van der Waals surface area contributed by atoms with Crippen molar-refractivity contribution in [1.29, 1.82) is 0 Å². The number of amides is 2. The normalized spacial score (nSPS) is 11.5. The summed E-state index contributed by atoms with van der Waals surface area (Å²) in [6.07, 6.45) is 0.610. The van der Waals surface area contributed by atoms with E-state index in [2.05, 4.69) is 10.6 Å². The Labute approximate surface area is 206 Å². The van der Waals surface area contributed by atoms with Crippen LogP contribution in [0.3, 0.4) is 0 Å². The summed E-state index contributed by atoms with van der Waals surface area (Å²) in [7, 11) is 0. The van der Waals surface area contributed by atoms with Crippen LogP contribution in [0.2, 0.25) is 10.0 Å². The number of hydrogen-bond donors (Lipinski definition) is 2. The number of anilines is 2. The molecular weight excluding hydrogens is 479 g/mol. The van der Waals surface area contributed by atoms with Gasteiger partial charge in [0.05, 0.1) is 15.8 Å². The summed E-state index contributed by atoms with van der Waals surface area (Å²) in [6.45, 7) is 3.43. The highest BCUT2D eigenvalue weighted by atomic mass is 35.5. The van der Waals surface area contributed by atoms with Crippen molar-refractivity contribution >= 4 is 63.9 Å². The van der Waals surface area contributed by atoms with Gasteiger partial charge in [0, 0.05) is 26.9 Å². The van der Waals surface area contributed by atoms with Gasteiger partial charge in [-0.15, -0.1) is 11.8 Å². The van der Waals surface area contributed by atoms with E-state index in [9.17, 15) is 14.4 Å². The van der Waals surface area contributed by atoms with Crippen molar-refractivity contribution in [3.8, 4) is 0 Å². The minimum atomic E-state index is -0.349. The van der Waals surface area contributed by atoms with Crippen LogP contribution in [0, 0.1) is 0 Å². The van der Waals surface area contributed by atoms with Gasteiger partial charge >= 0.3 is 0 Å². The highest BCUT2D eigenvalue weighted by Crippen LogP contribution is 2.29. The predicted octanol–water partition coefficient (Wildman–Crippen LogP) is 6.96. The number of ketones is 1. The van der Waals surface area contributed by atoms with Crippen molar-refractivity contribution < 1.29 is 14.4 Å². The molecule has 1 atom stereocenters. The molecule has 8 heteroatoms. The first-order chi connectivity index (χ1) is 15.8. The van der Waals surface area contributed by atoms with E-state index in [1.54, 1.807) is 42.5 Å². The Bertz CT molecular complexity index is 1180. The second-order valence-corrected chi connectivity index (χ2v) is 9.36. The number of nitrogens with one attached hydrogen (secondary N) is 2. The van der Waals surface area contributed by atoms with Crippen LogP contribution < -0.4 is 10.6 Å². The van der Waals surface area contributed by atoms with E-state index in [0.29, 0.717) is 33.9 Å². The fraction of sp³-hybridized carbons (Fsp3) is 0.160. The zero-order valence-corrected chi connectivity index (χ0v) is 20.4. The van der Waals surface area contributed by atoms with Gasteiger partial charge in [0.1, 0.15) is 0 Å². The summed E-state index contributed by atoms with van der Waals surface area (Å²) in [6, 6.07) is 18.8. The lowest BCUT2D eigenvalue weighted by Gasteiger charge is -2.16. The fourth-order valence-corrected chi connectivity index (χ4v) is 4.52. The Morgan fingerprint density at radius 3 is 2.27 bits per heavy atom. The van der Waals surface area contributed by atoms with Crippen molar-refractivity contribution in [2.24, 2.45) is 0 Å². The molecule has 0 bridgehead atoms. The van der Waals surface area contributed by atoms with Crippen LogP contribution in [0.1, 0.15) is 41.0 Å². The highest BCUT2D eigenvalue weighted by Gasteiger charge is 2.19. The lowest BCUT2D eigenvalue weighted by molar-refractivity contribution is -0.115.